The number of thioether (sulfide) groups is 1. The van der Waals surface area contributed by atoms with Crippen LogP contribution in [-0.4, -0.2) is 21.9 Å². The van der Waals surface area contributed by atoms with Gasteiger partial charge < -0.3 is 10.2 Å². The van der Waals surface area contributed by atoms with Crippen LogP contribution < -0.4 is 11.1 Å². The van der Waals surface area contributed by atoms with Gasteiger partial charge in [-0.2, -0.15) is 0 Å². The van der Waals surface area contributed by atoms with Crippen LogP contribution in [0.1, 0.15) is 31.2 Å². The van der Waals surface area contributed by atoms with E-state index in [9.17, 15) is 4.79 Å². The Balaban J connectivity index is 1.91. The molecule has 0 unspecified atom stereocenters. The summed E-state index contributed by atoms with van der Waals surface area (Å²) in [5, 5.41) is 10.2. The average molecular weight is 306 g/mol. The van der Waals surface area contributed by atoms with E-state index in [1.54, 1.807) is 0 Å². The van der Waals surface area contributed by atoms with Crippen LogP contribution in [0.5, 0.6) is 0 Å². The smallest absolute Gasteiger partial charge is 0.322 e. The molecule has 0 radical (unpaired) electrons. The molecule has 0 aliphatic rings. The summed E-state index contributed by atoms with van der Waals surface area (Å²) in [4.78, 5) is 12.9. The minimum atomic E-state index is -0.194. The van der Waals surface area contributed by atoms with Crippen molar-refractivity contribution in [3.63, 3.8) is 0 Å². The van der Waals surface area contributed by atoms with Crippen molar-refractivity contribution in [2.45, 2.75) is 31.6 Å². The second-order valence-corrected chi connectivity index (χ2v) is 5.92. The van der Waals surface area contributed by atoms with E-state index in [0.29, 0.717) is 5.89 Å². The molecule has 7 heteroatoms. The number of amides is 1. The Morgan fingerprint density at radius 2 is 2.19 bits per heavy atom. The van der Waals surface area contributed by atoms with Gasteiger partial charge in [-0.25, -0.2) is 0 Å². The SMILES string of the molecule is Cc1c(N)cccc1SCC(=O)Nc1nnc(C(C)C)o1. The number of hydrogen-bond donors (Lipinski definition) is 2. The van der Waals surface area contributed by atoms with Gasteiger partial charge in [0.2, 0.25) is 11.8 Å². The first-order chi connectivity index (χ1) is 9.97. The van der Waals surface area contributed by atoms with Crippen LogP contribution in [0.25, 0.3) is 0 Å². The normalized spacial score (nSPS) is 10.9. The molecular weight excluding hydrogens is 288 g/mol. The van der Waals surface area contributed by atoms with E-state index in [1.807, 2.05) is 39.0 Å². The highest BCUT2D eigenvalue weighted by Crippen LogP contribution is 2.26. The van der Waals surface area contributed by atoms with Gasteiger partial charge in [-0.05, 0) is 24.6 Å². The standard InChI is InChI=1S/C14H18N4O2S/c1-8(2)13-17-18-14(20-13)16-12(19)7-21-11-6-4-5-10(15)9(11)3/h4-6,8H,7,15H2,1-3H3,(H,16,18,19). The Kier molecular flexibility index (Phi) is 4.85. The third-order valence-corrected chi connectivity index (χ3v) is 4.03. The molecule has 0 saturated heterocycles. The van der Waals surface area contributed by atoms with E-state index in [-0.39, 0.29) is 23.6 Å². The van der Waals surface area contributed by atoms with Gasteiger partial charge in [-0.15, -0.1) is 16.9 Å². The van der Waals surface area contributed by atoms with Gasteiger partial charge in [0.15, 0.2) is 0 Å². The van der Waals surface area contributed by atoms with Crippen molar-refractivity contribution >= 4 is 29.4 Å². The molecule has 0 bridgehead atoms. The highest BCUT2D eigenvalue weighted by Gasteiger charge is 2.12. The Bertz CT molecular complexity index is 640. The first-order valence-electron chi connectivity index (χ1n) is 6.58. The van der Waals surface area contributed by atoms with E-state index in [0.717, 1.165) is 16.1 Å². The summed E-state index contributed by atoms with van der Waals surface area (Å²) in [6.07, 6.45) is 0. The summed E-state index contributed by atoms with van der Waals surface area (Å²) in [6.45, 7) is 5.82. The van der Waals surface area contributed by atoms with Crippen molar-refractivity contribution in [1.82, 2.24) is 10.2 Å². The van der Waals surface area contributed by atoms with Gasteiger partial charge in [0, 0.05) is 16.5 Å². The maximum absolute atomic E-state index is 11.9. The number of anilines is 2. The van der Waals surface area contributed by atoms with Crippen LogP contribution in [-0.2, 0) is 4.79 Å². The van der Waals surface area contributed by atoms with Gasteiger partial charge in [0.25, 0.3) is 0 Å². The van der Waals surface area contributed by atoms with E-state index < -0.39 is 0 Å². The third-order valence-electron chi connectivity index (χ3n) is 2.87. The molecule has 6 nitrogen and oxygen atoms in total. The predicted molar refractivity (Wildman–Crippen MR) is 83.3 cm³/mol. The number of nitrogens with zero attached hydrogens (tertiary/aromatic N) is 2. The number of benzene rings is 1. The van der Waals surface area contributed by atoms with Crippen molar-refractivity contribution in [2.24, 2.45) is 0 Å². The maximum atomic E-state index is 11.9. The number of rotatable bonds is 5. The molecule has 112 valence electrons. The Morgan fingerprint density at radius 3 is 2.86 bits per heavy atom. The molecule has 0 saturated carbocycles. The minimum Gasteiger partial charge on any atom is -0.408 e. The fraction of sp³-hybridized carbons (Fsp3) is 0.357. The molecule has 2 rings (SSSR count). The van der Waals surface area contributed by atoms with Crippen molar-refractivity contribution in [2.75, 3.05) is 16.8 Å². The first-order valence-corrected chi connectivity index (χ1v) is 7.57. The largest absolute Gasteiger partial charge is 0.408 e. The fourth-order valence-electron chi connectivity index (χ4n) is 1.60. The summed E-state index contributed by atoms with van der Waals surface area (Å²) in [5.74, 6) is 0.696. The summed E-state index contributed by atoms with van der Waals surface area (Å²) in [5.41, 5.74) is 7.54. The lowest BCUT2D eigenvalue weighted by Gasteiger charge is -2.07. The number of nitrogen functional groups attached to an aromatic ring is 1. The molecule has 3 N–H and O–H groups in total. The molecular formula is C14H18N4O2S. The van der Waals surface area contributed by atoms with E-state index in [1.165, 1.54) is 11.8 Å². The molecule has 0 aliphatic heterocycles. The molecule has 1 aromatic heterocycles. The molecule has 0 fully saturated rings. The molecule has 21 heavy (non-hydrogen) atoms. The van der Waals surface area contributed by atoms with E-state index in [4.69, 9.17) is 10.2 Å². The molecule has 0 aliphatic carbocycles. The number of nitrogens with two attached hydrogens (primary N) is 1. The second kappa shape index (κ2) is 6.62. The first kappa shape index (κ1) is 15.4. The molecule has 1 aromatic carbocycles. The quantitative estimate of drug-likeness (QED) is 0.651. The monoisotopic (exact) mass is 306 g/mol. The van der Waals surface area contributed by atoms with E-state index >= 15 is 0 Å². The van der Waals surface area contributed by atoms with Gasteiger partial charge in [-0.1, -0.05) is 25.0 Å². The number of hydrogen-bond acceptors (Lipinski definition) is 6. The van der Waals surface area contributed by atoms with Gasteiger partial charge >= 0.3 is 6.01 Å². The van der Waals surface area contributed by atoms with Gasteiger partial charge in [0.1, 0.15) is 0 Å². The van der Waals surface area contributed by atoms with Crippen LogP contribution in [0, 0.1) is 6.92 Å². The zero-order valence-corrected chi connectivity index (χ0v) is 13.0. The molecule has 2 aromatic rings. The van der Waals surface area contributed by atoms with Crippen LogP contribution in [0.3, 0.4) is 0 Å². The Morgan fingerprint density at radius 1 is 1.43 bits per heavy atom. The summed E-state index contributed by atoms with van der Waals surface area (Å²) in [7, 11) is 0. The van der Waals surface area contributed by atoms with Crippen LogP contribution in [0.2, 0.25) is 0 Å². The van der Waals surface area contributed by atoms with E-state index in [2.05, 4.69) is 15.5 Å². The second-order valence-electron chi connectivity index (χ2n) is 4.91. The average Bonchev–Trinajstić information content (AvgIpc) is 2.89. The zero-order chi connectivity index (χ0) is 15.4. The highest BCUT2D eigenvalue weighted by molar-refractivity contribution is 8.00. The van der Waals surface area contributed by atoms with Crippen molar-refractivity contribution in [3.8, 4) is 0 Å². The fourth-order valence-corrected chi connectivity index (χ4v) is 2.47. The number of carbonyl (C=O) groups is 1. The lowest BCUT2D eigenvalue weighted by Crippen LogP contribution is -2.14. The minimum absolute atomic E-state index is 0.132. The summed E-state index contributed by atoms with van der Waals surface area (Å²) >= 11 is 1.42. The molecule has 0 atom stereocenters. The molecule has 1 heterocycles. The zero-order valence-electron chi connectivity index (χ0n) is 12.2. The van der Waals surface area contributed by atoms with Crippen LogP contribution >= 0.6 is 11.8 Å². The molecule has 0 spiro atoms. The maximum Gasteiger partial charge on any atom is 0.322 e. The van der Waals surface area contributed by atoms with Crippen molar-refractivity contribution in [1.29, 1.82) is 0 Å². The predicted octanol–water partition coefficient (Wildman–Crippen LogP) is 2.81. The lowest BCUT2D eigenvalue weighted by atomic mass is 10.2. The van der Waals surface area contributed by atoms with Crippen molar-refractivity contribution < 1.29 is 9.21 Å². The van der Waals surface area contributed by atoms with Gasteiger partial charge in [0.05, 0.1) is 5.75 Å². The Labute approximate surface area is 127 Å². The summed E-state index contributed by atoms with van der Waals surface area (Å²) < 4.78 is 5.33. The number of carbonyl (C=O) groups excluding carboxylic acids is 1. The summed E-state index contributed by atoms with van der Waals surface area (Å²) in [6, 6.07) is 5.78. The Hall–Kier alpha value is -2.02. The lowest BCUT2D eigenvalue weighted by molar-refractivity contribution is -0.113. The molecule has 1 amide bonds. The van der Waals surface area contributed by atoms with Crippen LogP contribution in [0.4, 0.5) is 11.7 Å². The van der Waals surface area contributed by atoms with Crippen LogP contribution in [0.15, 0.2) is 27.5 Å². The number of aromatic nitrogens is 2. The third kappa shape index (κ3) is 3.98. The topological polar surface area (TPSA) is 94.0 Å². The van der Waals surface area contributed by atoms with Gasteiger partial charge in [-0.3, -0.25) is 10.1 Å². The highest BCUT2D eigenvalue weighted by atomic mass is 32.2. The number of nitrogens with one attached hydrogen (secondary N) is 1. The van der Waals surface area contributed by atoms with Crippen molar-refractivity contribution in [3.05, 3.63) is 29.7 Å².